The van der Waals surface area contributed by atoms with Gasteiger partial charge in [-0.05, 0) is 50.9 Å². The molecule has 21 heavy (non-hydrogen) atoms. The Kier molecular flexibility index (Phi) is 2.82. The maximum Gasteiger partial charge on any atom is 0.310 e. The van der Waals surface area contributed by atoms with E-state index in [1.807, 2.05) is 6.92 Å². The Hall–Kier alpha value is -0.610. The molecular formula is C17H26O4. The Labute approximate surface area is 126 Å². The van der Waals surface area contributed by atoms with Gasteiger partial charge in [0.15, 0.2) is 0 Å². The monoisotopic (exact) mass is 294 g/mol. The normalized spacial score (nSPS) is 58.0. The van der Waals surface area contributed by atoms with E-state index in [9.17, 15) is 9.90 Å². The van der Waals surface area contributed by atoms with Crippen LogP contribution in [0.15, 0.2) is 0 Å². The number of ether oxygens (including phenoxy) is 2. The lowest BCUT2D eigenvalue weighted by molar-refractivity contribution is -0.161. The molecule has 0 aromatic carbocycles. The smallest absolute Gasteiger partial charge is 0.310 e. The SMILES string of the molecule is CC1CC2OC2CC1CC1(C)C2OC2CCC1(C)C(=O)O. The van der Waals surface area contributed by atoms with E-state index in [2.05, 4.69) is 13.8 Å². The molecule has 4 aliphatic rings. The van der Waals surface area contributed by atoms with Crippen LogP contribution >= 0.6 is 0 Å². The number of hydrogen-bond donors (Lipinski definition) is 1. The van der Waals surface area contributed by atoms with Crippen molar-refractivity contribution in [2.45, 2.75) is 77.3 Å². The van der Waals surface area contributed by atoms with Crippen LogP contribution in [0.25, 0.3) is 0 Å². The summed E-state index contributed by atoms with van der Waals surface area (Å²) in [6.07, 6.45) is 6.25. The van der Waals surface area contributed by atoms with E-state index in [4.69, 9.17) is 9.47 Å². The largest absolute Gasteiger partial charge is 0.481 e. The van der Waals surface area contributed by atoms with Crippen molar-refractivity contribution in [1.29, 1.82) is 0 Å². The van der Waals surface area contributed by atoms with E-state index < -0.39 is 11.4 Å². The molecule has 0 bridgehead atoms. The molecule has 0 spiro atoms. The third-order valence-corrected chi connectivity index (χ3v) is 7.19. The van der Waals surface area contributed by atoms with E-state index in [1.165, 1.54) is 0 Å². The Bertz CT molecular complexity index is 477. The molecule has 1 N–H and O–H groups in total. The number of hydrogen-bond acceptors (Lipinski definition) is 3. The molecule has 2 aliphatic carbocycles. The van der Waals surface area contributed by atoms with Crippen molar-refractivity contribution in [3.8, 4) is 0 Å². The maximum absolute atomic E-state index is 12.0. The average molecular weight is 294 g/mol. The van der Waals surface area contributed by atoms with Crippen LogP contribution in [0.4, 0.5) is 0 Å². The number of rotatable bonds is 3. The molecule has 2 saturated heterocycles. The van der Waals surface area contributed by atoms with Crippen molar-refractivity contribution in [2.75, 3.05) is 0 Å². The predicted octanol–water partition coefficient (Wildman–Crippen LogP) is 2.85. The first kappa shape index (κ1) is 14.0. The summed E-state index contributed by atoms with van der Waals surface area (Å²) in [5.41, 5.74) is -0.909. The lowest BCUT2D eigenvalue weighted by atomic mass is 9.53. The fourth-order valence-electron chi connectivity index (χ4n) is 5.16. The highest BCUT2D eigenvalue weighted by Crippen LogP contribution is 2.62. The number of fused-ring (bicyclic) bond motifs is 2. The first-order chi connectivity index (χ1) is 9.85. The predicted molar refractivity (Wildman–Crippen MR) is 76.9 cm³/mol. The molecule has 2 saturated carbocycles. The van der Waals surface area contributed by atoms with Gasteiger partial charge in [0, 0.05) is 5.41 Å². The van der Waals surface area contributed by atoms with Gasteiger partial charge in [0.25, 0.3) is 0 Å². The zero-order valence-corrected chi connectivity index (χ0v) is 13.2. The summed E-state index contributed by atoms with van der Waals surface area (Å²) >= 11 is 0. The van der Waals surface area contributed by atoms with Crippen molar-refractivity contribution < 1.29 is 19.4 Å². The van der Waals surface area contributed by atoms with Gasteiger partial charge < -0.3 is 14.6 Å². The van der Waals surface area contributed by atoms with E-state index in [0.29, 0.717) is 30.1 Å². The first-order valence-electron chi connectivity index (χ1n) is 8.39. The molecule has 4 rings (SSSR count). The summed E-state index contributed by atoms with van der Waals surface area (Å²) in [6.45, 7) is 6.41. The van der Waals surface area contributed by atoms with Gasteiger partial charge in [-0.3, -0.25) is 4.79 Å². The zero-order valence-electron chi connectivity index (χ0n) is 13.2. The summed E-state index contributed by atoms with van der Waals surface area (Å²) in [5.74, 6) is 0.547. The minimum Gasteiger partial charge on any atom is -0.481 e. The first-order valence-corrected chi connectivity index (χ1v) is 8.39. The second-order valence-electron chi connectivity index (χ2n) is 8.31. The van der Waals surface area contributed by atoms with Crippen molar-refractivity contribution >= 4 is 5.97 Å². The highest BCUT2D eigenvalue weighted by atomic mass is 16.6. The van der Waals surface area contributed by atoms with Crippen LogP contribution in [0.2, 0.25) is 0 Å². The van der Waals surface area contributed by atoms with Crippen LogP contribution in [-0.2, 0) is 14.3 Å². The van der Waals surface area contributed by atoms with Crippen LogP contribution < -0.4 is 0 Å². The minimum absolute atomic E-state index is 0.150. The molecular weight excluding hydrogens is 268 g/mol. The third-order valence-electron chi connectivity index (χ3n) is 7.19. The van der Waals surface area contributed by atoms with Gasteiger partial charge in [-0.2, -0.15) is 0 Å². The van der Waals surface area contributed by atoms with Crippen LogP contribution in [-0.4, -0.2) is 35.5 Å². The average Bonchev–Trinajstić information content (AvgIpc) is 3.28. The Morgan fingerprint density at radius 1 is 1.19 bits per heavy atom. The fourth-order valence-corrected chi connectivity index (χ4v) is 5.16. The second-order valence-corrected chi connectivity index (χ2v) is 8.31. The highest BCUT2D eigenvalue weighted by molar-refractivity contribution is 5.76. The number of carbonyl (C=O) groups is 1. The molecule has 4 nitrogen and oxygen atoms in total. The second kappa shape index (κ2) is 4.23. The summed E-state index contributed by atoms with van der Waals surface area (Å²) in [4.78, 5) is 12.0. The standard InChI is InChI=1S/C17H26O4/c1-9-6-12-13(20-12)7-10(9)8-17(3)14-11(21-14)4-5-16(17,2)15(18)19/h9-14H,4-8H2,1-3H3,(H,18,19). The van der Waals surface area contributed by atoms with E-state index in [1.54, 1.807) is 0 Å². The lowest BCUT2D eigenvalue weighted by Gasteiger charge is -2.48. The fraction of sp³-hybridized carbons (Fsp3) is 0.941. The summed E-state index contributed by atoms with van der Waals surface area (Å²) in [7, 11) is 0. The molecule has 0 aromatic heterocycles. The molecule has 0 amide bonds. The van der Waals surface area contributed by atoms with E-state index in [0.717, 1.165) is 32.1 Å². The Morgan fingerprint density at radius 3 is 2.62 bits per heavy atom. The zero-order chi connectivity index (χ0) is 15.0. The number of aliphatic carboxylic acids is 1. The van der Waals surface area contributed by atoms with Crippen molar-refractivity contribution in [1.82, 2.24) is 0 Å². The van der Waals surface area contributed by atoms with Crippen LogP contribution in [0.1, 0.15) is 52.9 Å². The van der Waals surface area contributed by atoms with Gasteiger partial charge in [0.1, 0.15) is 0 Å². The lowest BCUT2D eigenvalue weighted by Crippen LogP contribution is -2.52. The maximum atomic E-state index is 12.0. The van der Waals surface area contributed by atoms with Gasteiger partial charge in [0.2, 0.25) is 0 Å². The quantitative estimate of drug-likeness (QED) is 0.813. The summed E-state index contributed by atoms with van der Waals surface area (Å²) < 4.78 is 11.5. The van der Waals surface area contributed by atoms with Gasteiger partial charge >= 0.3 is 5.97 Å². The molecule has 8 atom stereocenters. The van der Waals surface area contributed by atoms with Crippen molar-refractivity contribution in [3.05, 3.63) is 0 Å². The molecule has 2 heterocycles. The molecule has 4 heteroatoms. The van der Waals surface area contributed by atoms with Crippen molar-refractivity contribution in [3.63, 3.8) is 0 Å². The molecule has 0 aromatic rings. The molecule has 8 unspecified atom stereocenters. The van der Waals surface area contributed by atoms with Gasteiger partial charge in [0.05, 0.1) is 29.8 Å². The van der Waals surface area contributed by atoms with Crippen LogP contribution in [0.5, 0.6) is 0 Å². The Morgan fingerprint density at radius 2 is 1.90 bits per heavy atom. The van der Waals surface area contributed by atoms with Crippen LogP contribution in [0.3, 0.4) is 0 Å². The van der Waals surface area contributed by atoms with Crippen LogP contribution in [0, 0.1) is 22.7 Å². The number of carboxylic acids is 1. The Balaban J connectivity index is 1.59. The van der Waals surface area contributed by atoms with Crippen molar-refractivity contribution in [2.24, 2.45) is 22.7 Å². The third kappa shape index (κ3) is 1.91. The van der Waals surface area contributed by atoms with Gasteiger partial charge in [-0.25, -0.2) is 0 Å². The van der Waals surface area contributed by atoms with E-state index in [-0.39, 0.29) is 11.5 Å². The molecule has 0 radical (unpaired) electrons. The topological polar surface area (TPSA) is 62.4 Å². The molecule has 118 valence electrons. The highest BCUT2D eigenvalue weighted by Gasteiger charge is 2.67. The minimum atomic E-state index is -0.661. The molecule has 4 fully saturated rings. The summed E-state index contributed by atoms with van der Waals surface area (Å²) in [5, 5.41) is 9.84. The number of carboxylic acid groups (broad SMARTS) is 1. The van der Waals surface area contributed by atoms with E-state index >= 15 is 0 Å². The number of epoxide rings is 2. The van der Waals surface area contributed by atoms with Gasteiger partial charge in [-0.1, -0.05) is 13.8 Å². The molecule has 2 aliphatic heterocycles. The van der Waals surface area contributed by atoms with Gasteiger partial charge in [-0.15, -0.1) is 0 Å². The summed E-state index contributed by atoms with van der Waals surface area (Å²) in [6, 6.07) is 0.